The molecule has 0 unspecified atom stereocenters. The van der Waals surface area contributed by atoms with Crippen LogP contribution in [0.1, 0.15) is 0 Å². The molecule has 0 saturated heterocycles. The molecular formula is C16H16N4O2. The van der Waals surface area contributed by atoms with Gasteiger partial charge in [0.2, 0.25) is 0 Å². The van der Waals surface area contributed by atoms with E-state index in [9.17, 15) is 4.79 Å². The molecule has 1 aromatic carbocycles. The SMILES string of the molecule is COCCNC(=O)Nc1cc2cccnc2c2ncccc12. The summed E-state index contributed by atoms with van der Waals surface area (Å²) in [4.78, 5) is 20.7. The molecule has 112 valence electrons. The Hall–Kier alpha value is -2.73. The first-order chi connectivity index (χ1) is 10.8. The Morgan fingerprint density at radius 3 is 2.77 bits per heavy atom. The number of methoxy groups -OCH3 is 1. The third kappa shape index (κ3) is 2.82. The molecule has 2 N–H and O–H groups in total. The lowest BCUT2D eigenvalue weighted by Crippen LogP contribution is -2.31. The van der Waals surface area contributed by atoms with Gasteiger partial charge >= 0.3 is 6.03 Å². The van der Waals surface area contributed by atoms with E-state index in [0.29, 0.717) is 18.8 Å². The standard InChI is InChI=1S/C16H16N4O2/c1-22-9-8-19-16(21)20-13-10-11-4-2-6-17-14(11)15-12(13)5-3-7-18-15/h2-7,10H,8-9H2,1H3,(H2,19,20,21). The van der Waals surface area contributed by atoms with Gasteiger partial charge in [-0.1, -0.05) is 6.07 Å². The van der Waals surface area contributed by atoms with Crippen molar-refractivity contribution in [2.45, 2.75) is 0 Å². The molecule has 6 nitrogen and oxygen atoms in total. The number of nitrogens with zero attached hydrogens (tertiary/aromatic N) is 2. The van der Waals surface area contributed by atoms with Crippen LogP contribution in [0.4, 0.5) is 10.5 Å². The molecule has 0 atom stereocenters. The lowest BCUT2D eigenvalue weighted by atomic mass is 10.1. The predicted molar refractivity (Wildman–Crippen MR) is 85.9 cm³/mol. The van der Waals surface area contributed by atoms with Crippen molar-refractivity contribution >= 4 is 33.5 Å². The molecule has 0 aliphatic rings. The van der Waals surface area contributed by atoms with E-state index in [1.807, 2.05) is 30.3 Å². The molecule has 0 aliphatic carbocycles. The summed E-state index contributed by atoms with van der Waals surface area (Å²) in [6.07, 6.45) is 3.46. The second-order valence-electron chi connectivity index (χ2n) is 4.77. The summed E-state index contributed by atoms with van der Waals surface area (Å²) < 4.78 is 4.91. The summed E-state index contributed by atoms with van der Waals surface area (Å²) in [5.74, 6) is 0. The highest BCUT2D eigenvalue weighted by Crippen LogP contribution is 2.29. The van der Waals surface area contributed by atoms with Gasteiger partial charge < -0.3 is 15.4 Å². The van der Waals surface area contributed by atoms with Crippen molar-refractivity contribution in [3.63, 3.8) is 0 Å². The summed E-state index contributed by atoms with van der Waals surface area (Å²) in [6.45, 7) is 0.922. The van der Waals surface area contributed by atoms with Crippen LogP contribution in [0.5, 0.6) is 0 Å². The zero-order valence-corrected chi connectivity index (χ0v) is 12.2. The van der Waals surface area contributed by atoms with Gasteiger partial charge in [-0.3, -0.25) is 9.97 Å². The van der Waals surface area contributed by atoms with Gasteiger partial charge in [0, 0.05) is 36.8 Å². The fraction of sp³-hybridized carbons (Fsp3) is 0.188. The van der Waals surface area contributed by atoms with Gasteiger partial charge in [-0.15, -0.1) is 0 Å². The van der Waals surface area contributed by atoms with Crippen LogP contribution >= 0.6 is 0 Å². The van der Waals surface area contributed by atoms with Crippen molar-refractivity contribution in [2.75, 3.05) is 25.6 Å². The van der Waals surface area contributed by atoms with Crippen LogP contribution in [0.2, 0.25) is 0 Å². The van der Waals surface area contributed by atoms with Crippen LogP contribution in [0.15, 0.2) is 42.7 Å². The van der Waals surface area contributed by atoms with Crippen LogP contribution in [-0.4, -0.2) is 36.3 Å². The first-order valence-corrected chi connectivity index (χ1v) is 6.96. The molecule has 0 spiro atoms. The number of benzene rings is 1. The lowest BCUT2D eigenvalue weighted by Gasteiger charge is -2.11. The monoisotopic (exact) mass is 296 g/mol. The fourth-order valence-corrected chi connectivity index (χ4v) is 2.31. The summed E-state index contributed by atoms with van der Waals surface area (Å²) in [5, 5.41) is 7.38. The third-order valence-electron chi connectivity index (χ3n) is 3.30. The van der Waals surface area contributed by atoms with E-state index in [4.69, 9.17) is 4.74 Å². The van der Waals surface area contributed by atoms with Crippen molar-refractivity contribution in [3.05, 3.63) is 42.7 Å². The van der Waals surface area contributed by atoms with E-state index in [2.05, 4.69) is 20.6 Å². The highest BCUT2D eigenvalue weighted by molar-refractivity contribution is 6.11. The average Bonchev–Trinajstić information content (AvgIpc) is 2.55. The summed E-state index contributed by atoms with van der Waals surface area (Å²) >= 11 is 0. The second-order valence-corrected chi connectivity index (χ2v) is 4.77. The number of fused-ring (bicyclic) bond motifs is 3. The van der Waals surface area contributed by atoms with E-state index < -0.39 is 0 Å². The Labute approximate surface area is 127 Å². The van der Waals surface area contributed by atoms with Crippen molar-refractivity contribution < 1.29 is 9.53 Å². The van der Waals surface area contributed by atoms with Crippen molar-refractivity contribution in [3.8, 4) is 0 Å². The summed E-state index contributed by atoms with van der Waals surface area (Å²) in [5.41, 5.74) is 2.30. The number of urea groups is 1. The van der Waals surface area contributed by atoms with Crippen molar-refractivity contribution in [1.29, 1.82) is 0 Å². The Morgan fingerprint density at radius 2 is 1.95 bits per heavy atom. The minimum Gasteiger partial charge on any atom is -0.383 e. The highest BCUT2D eigenvalue weighted by atomic mass is 16.5. The molecule has 6 heteroatoms. The first kappa shape index (κ1) is 14.2. The number of hydrogen-bond donors (Lipinski definition) is 2. The van der Waals surface area contributed by atoms with Gasteiger partial charge in [-0.2, -0.15) is 0 Å². The van der Waals surface area contributed by atoms with E-state index in [1.54, 1.807) is 19.5 Å². The number of carbonyl (C=O) groups excluding carboxylic acids is 1. The Bertz CT molecular complexity index is 819. The van der Waals surface area contributed by atoms with Crippen molar-refractivity contribution in [1.82, 2.24) is 15.3 Å². The highest BCUT2D eigenvalue weighted by Gasteiger charge is 2.10. The molecule has 2 heterocycles. The zero-order chi connectivity index (χ0) is 15.4. The molecule has 0 aliphatic heterocycles. The zero-order valence-electron chi connectivity index (χ0n) is 12.2. The van der Waals surface area contributed by atoms with Gasteiger partial charge in [-0.05, 0) is 24.3 Å². The number of aromatic nitrogens is 2. The molecule has 22 heavy (non-hydrogen) atoms. The molecule has 3 aromatic rings. The third-order valence-corrected chi connectivity index (χ3v) is 3.30. The number of amides is 2. The average molecular weight is 296 g/mol. The number of nitrogens with one attached hydrogen (secondary N) is 2. The minimum absolute atomic E-state index is 0.273. The number of hydrogen-bond acceptors (Lipinski definition) is 4. The normalized spacial score (nSPS) is 10.8. The maximum atomic E-state index is 12.0. The van der Waals surface area contributed by atoms with Gasteiger partial charge in [0.25, 0.3) is 0 Å². The van der Waals surface area contributed by atoms with E-state index in [-0.39, 0.29) is 6.03 Å². The van der Waals surface area contributed by atoms with Crippen LogP contribution in [0, 0.1) is 0 Å². The molecule has 0 fully saturated rings. The minimum atomic E-state index is -0.273. The van der Waals surface area contributed by atoms with Gasteiger partial charge in [0.15, 0.2) is 0 Å². The maximum Gasteiger partial charge on any atom is 0.319 e. The molecule has 0 bridgehead atoms. The largest absolute Gasteiger partial charge is 0.383 e. The lowest BCUT2D eigenvalue weighted by molar-refractivity contribution is 0.198. The number of ether oxygens (including phenoxy) is 1. The maximum absolute atomic E-state index is 12.0. The van der Waals surface area contributed by atoms with Gasteiger partial charge in [0.1, 0.15) is 0 Å². The number of anilines is 1. The second kappa shape index (κ2) is 6.36. The Kier molecular flexibility index (Phi) is 4.11. The van der Waals surface area contributed by atoms with Gasteiger partial charge in [0.05, 0.1) is 23.3 Å². The molecular weight excluding hydrogens is 280 g/mol. The van der Waals surface area contributed by atoms with E-state index in [0.717, 1.165) is 21.8 Å². The molecule has 2 aromatic heterocycles. The van der Waals surface area contributed by atoms with Crippen molar-refractivity contribution in [2.24, 2.45) is 0 Å². The van der Waals surface area contributed by atoms with E-state index in [1.165, 1.54) is 0 Å². The Balaban J connectivity index is 1.99. The molecule has 0 radical (unpaired) electrons. The number of carbonyl (C=O) groups is 1. The van der Waals surface area contributed by atoms with E-state index >= 15 is 0 Å². The van der Waals surface area contributed by atoms with Crippen LogP contribution in [0.3, 0.4) is 0 Å². The summed E-state index contributed by atoms with van der Waals surface area (Å²) in [6, 6.07) is 9.20. The number of rotatable bonds is 4. The van der Waals surface area contributed by atoms with Crippen LogP contribution in [-0.2, 0) is 4.74 Å². The number of pyridine rings is 2. The van der Waals surface area contributed by atoms with Crippen LogP contribution in [0.25, 0.3) is 21.8 Å². The van der Waals surface area contributed by atoms with Crippen LogP contribution < -0.4 is 10.6 Å². The molecule has 0 saturated carbocycles. The molecule has 3 rings (SSSR count). The smallest absolute Gasteiger partial charge is 0.319 e. The molecule has 2 amide bonds. The Morgan fingerprint density at radius 1 is 1.18 bits per heavy atom. The fourth-order valence-electron chi connectivity index (χ4n) is 2.31. The first-order valence-electron chi connectivity index (χ1n) is 6.96. The predicted octanol–water partition coefficient (Wildman–Crippen LogP) is 2.55. The van der Waals surface area contributed by atoms with Gasteiger partial charge in [-0.25, -0.2) is 4.79 Å². The quantitative estimate of drug-likeness (QED) is 0.573. The topological polar surface area (TPSA) is 76.1 Å². The summed E-state index contributed by atoms with van der Waals surface area (Å²) in [7, 11) is 1.59.